The second kappa shape index (κ2) is 8.39. The standard InChI is InChI=1S/C19H20N2O6S/c1-25-15-11-17(27-3)16(26-2)10-13(15)19-20(8-9-28-19)18(22)12-6-4-5-7-14(12)21(23)24/h4-7,10-11,19H,8-9H2,1-3H3. The van der Waals surface area contributed by atoms with Gasteiger partial charge in [0, 0.05) is 30.0 Å². The Bertz CT molecular complexity index is 904. The van der Waals surface area contributed by atoms with E-state index in [1.165, 1.54) is 26.4 Å². The Morgan fingerprint density at radius 2 is 1.75 bits per heavy atom. The van der Waals surface area contributed by atoms with E-state index >= 15 is 0 Å². The van der Waals surface area contributed by atoms with Crippen LogP contribution >= 0.6 is 11.8 Å². The molecule has 1 saturated heterocycles. The fourth-order valence-corrected chi connectivity index (χ4v) is 4.42. The van der Waals surface area contributed by atoms with Crippen LogP contribution in [0.15, 0.2) is 36.4 Å². The van der Waals surface area contributed by atoms with Crippen LogP contribution in [0.2, 0.25) is 0 Å². The number of carbonyl (C=O) groups excluding carboxylic acids is 1. The van der Waals surface area contributed by atoms with Crippen molar-refractivity contribution < 1.29 is 23.9 Å². The molecule has 2 aromatic carbocycles. The van der Waals surface area contributed by atoms with E-state index in [9.17, 15) is 14.9 Å². The van der Waals surface area contributed by atoms with Crippen molar-refractivity contribution in [3.8, 4) is 17.2 Å². The zero-order chi connectivity index (χ0) is 20.3. The highest BCUT2D eigenvalue weighted by Gasteiger charge is 2.36. The average molecular weight is 404 g/mol. The van der Waals surface area contributed by atoms with Crippen molar-refractivity contribution in [2.24, 2.45) is 0 Å². The molecule has 0 spiro atoms. The van der Waals surface area contributed by atoms with Crippen molar-refractivity contribution in [2.45, 2.75) is 5.37 Å². The second-order valence-corrected chi connectivity index (χ2v) is 7.13. The molecule has 9 heteroatoms. The minimum absolute atomic E-state index is 0.0689. The highest BCUT2D eigenvalue weighted by molar-refractivity contribution is 7.99. The number of nitro groups is 1. The molecular formula is C19H20N2O6S. The lowest BCUT2D eigenvalue weighted by atomic mass is 10.1. The lowest BCUT2D eigenvalue weighted by Gasteiger charge is -2.26. The van der Waals surface area contributed by atoms with Gasteiger partial charge in [0.25, 0.3) is 11.6 Å². The number of amides is 1. The van der Waals surface area contributed by atoms with Crippen LogP contribution in [0, 0.1) is 10.1 Å². The van der Waals surface area contributed by atoms with E-state index in [0.29, 0.717) is 29.5 Å². The molecule has 0 aliphatic carbocycles. The Kier molecular flexibility index (Phi) is 5.93. The number of ether oxygens (including phenoxy) is 3. The van der Waals surface area contributed by atoms with Gasteiger partial charge in [-0.2, -0.15) is 0 Å². The molecule has 0 saturated carbocycles. The van der Waals surface area contributed by atoms with Crippen LogP contribution in [-0.2, 0) is 0 Å². The third kappa shape index (κ3) is 3.57. The van der Waals surface area contributed by atoms with E-state index in [1.54, 1.807) is 48.0 Å². The van der Waals surface area contributed by atoms with Gasteiger partial charge in [-0.15, -0.1) is 11.8 Å². The quantitative estimate of drug-likeness (QED) is 0.537. The summed E-state index contributed by atoms with van der Waals surface area (Å²) in [6.45, 7) is 0.470. The summed E-state index contributed by atoms with van der Waals surface area (Å²) in [5.74, 6) is 1.90. The molecule has 1 atom stereocenters. The smallest absolute Gasteiger partial charge is 0.282 e. The van der Waals surface area contributed by atoms with E-state index in [0.717, 1.165) is 5.56 Å². The van der Waals surface area contributed by atoms with Gasteiger partial charge in [-0.05, 0) is 12.1 Å². The summed E-state index contributed by atoms with van der Waals surface area (Å²) in [6, 6.07) is 9.47. The fourth-order valence-electron chi connectivity index (χ4n) is 3.15. The molecule has 0 N–H and O–H groups in total. The molecular weight excluding hydrogens is 384 g/mol. The van der Waals surface area contributed by atoms with Crippen molar-refractivity contribution in [2.75, 3.05) is 33.6 Å². The molecule has 0 bridgehead atoms. The fraction of sp³-hybridized carbons (Fsp3) is 0.316. The summed E-state index contributed by atoms with van der Waals surface area (Å²) in [7, 11) is 4.61. The van der Waals surface area contributed by atoms with E-state index in [2.05, 4.69) is 0 Å². The van der Waals surface area contributed by atoms with Crippen molar-refractivity contribution in [3.63, 3.8) is 0 Å². The third-order valence-corrected chi connectivity index (χ3v) is 5.73. The summed E-state index contributed by atoms with van der Waals surface area (Å²) < 4.78 is 16.2. The maximum Gasteiger partial charge on any atom is 0.282 e. The minimum Gasteiger partial charge on any atom is -0.496 e. The molecule has 2 aromatic rings. The van der Waals surface area contributed by atoms with Gasteiger partial charge >= 0.3 is 0 Å². The average Bonchev–Trinajstić information content (AvgIpc) is 3.21. The van der Waals surface area contributed by atoms with Crippen LogP contribution in [0.5, 0.6) is 17.2 Å². The first kappa shape index (κ1) is 19.8. The SMILES string of the molecule is COc1cc(OC)c(C2SCCN2C(=O)c2ccccc2[N+](=O)[O-])cc1OC. The number of carbonyl (C=O) groups is 1. The summed E-state index contributed by atoms with van der Waals surface area (Å²) in [6.07, 6.45) is 0. The summed E-state index contributed by atoms with van der Waals surface area (Å²) in [5.41, 5.74) is 0.608. The van der Waals surface area contributed by atoms with E-state index in [1.807, 2.05) is 0 Å². The number of para-hydroxylation sites is 1. The lowest BCUT2D eigenvalue weighted by molar-refractivity contribution is -0.385. The van der Waals surface area contributed by atoms with Crippen LogP contribution in [0.4, 0.5) is 5.69 Å². The maximum absolute atomic E-state index is 13.1. The normalized spacial score (nSPS) is 16.0. The predicted octanol–water partition coefficient (Wildman–Crippen LogP) is 3.51. The van der Waals surface area contributed by atoms with Crippen molar-refractivity contribution in [3.05, 3.63) is 57.6 Å². The Hall–Kier alpha value is -2.94. The molecule has 1 amide bonds. The van der Waals surface area contributed by atoms with Crippen molar-refractivity contribution >= 4 is 23.4 Å². The molecule has 1 aliphatic rings. The zero-order valence-corrected chi connectivity index (χ0v) is 16.5. The molecule has 1 unspecified atom stereocenters. The van der Waals surface area contributed by atoms with E-state index in [-0.39, 0.29) is 22.5 Å². The first-order chi connectivity index (χ1) is 13.5. The van der Waals surface area contributed by atoms with Crippen LogP contribution < -0.4 is 14.2 Å². The molecule has 8 nitrogen and oxygen atoms in total. The van der Waals surface area contributed by atoms with Gasteiger partial charge in [0.2, 0.25) is 0 Å². The molecule has 28 heavy (non-hydrogen) atoms. The number of methoxy groups -OCH3 is 3. The first-order valence-corrected chi connectivity index (χ1v) is 9.52. The Labute approximate surface area is 166 Å². The van der Waals surface area contributed by atoms with Gasteiger partial charge in [-0.1, -0.05) is 12.1 Å². The number of nitro benzene ring substituents is 1. The monoisotopic (exact) mass is 404 g/mol. The zero-order valence-electron chi connectivity index (χ0n) is 15.7. The summed E-state index contributed by atoms with van der Waals surface area (Å²) in [5, 5.41) is 11.0. The minimum atomic E-state index is -0.539. The Morgan fingerprint density at radius 1 is 1.11 bits per heavy atom. The highest BCUT2D eigenvalue weighted by Crippen LogP contribution is 2.46. The Morgan fingerprint density at radius 3 is 2.39 bits per heavy atom. The van der Waals surface area contributed by atoms with Crippen LogP contribution in [0.1, 0.15) is 21.3 Å². The van der Waals surface area contributed by atoms with Gasteiger partial charge in [0.1, 0.15) is 16.7 Å². The van der Waals surface area contributed by atoms with Gasteiger partial charge in [0.15, 0.2) is 11.5 Å². The summed E-state index contributed by atoms with van der Waals surface area (Å²) in [4.78, 5) is 25.6. The van der Waals surface area contributed by atoms with Crippen LogP contribution in [-0.4, -0.2) is 49.4 Å². The van der Waals surface area contributed by atoms with E-state index in [4.69, 9.17) is 14.2 Å². The van der Waals surface area contributed by atoms with Gasteiger partial charge in [-0.25, -0.2) is 0 Å². The number of nitrogens with zero attached hydrogens (tertiary/aromatic N) is 2. The molecule has 148 valence electrons. The molecule has 1 fully saturated rings. The number of hydrogen-bond donors (Lipinski definition) is 0. The van der Waals surface area contributed by atoms with Crippen LogP contribution in [0.25, 0.3) is 0 Å². The number of hydrogen-bond acceptors (Lipinski definition) is 7. The van der Waals surface area contributed by atoms with Gasteiger partial charge < -0.3 is 19.1 Å². The summed E-state index contributed by atoms with van der Waals surface area (Å²) >= 11 is 1.56. The van der Waals surface area contributed by atoms with Gasteiger partial charge in [0.05, 0.1) is 26.3 Å². The number of rotatable bonds is 6. The second-order valence-electron chi connectivity index (χ2n) is 5.95. The molecule has 0 radical (unpaired) electrons. The Balaban J connectivity index is 2.02. The predicted molar refractivity (Wildman–Crippen MR) is 105 cm³/mol. The van der Waals surface area contributed by atoms with Gasteiger partial charge in [-0.3, -0.25) is 14.9 Å². The topological polar surface area (TPSA) is 91.1 Å². The molecule has 1 heterocycles. The molecule has 0 aromatic heterocycles. The number of thioether (sulfide) groups is 1. The largest absolute Gasteiger partial charge is 0.496 e. The maximum atomic E-state index is 13.1. The van der Waals surface area contributed by atoms with E-state index < -0.39 is 4.92 Å². The lowest BCUT2D eigenvalue weighted by Crippen LogP contribution is -2.31. The van der Waals surface area contributed by atoms with Crippen molar-refractivity contribution in [1.82, 2.24) is 4.90 Å². The molecule has 1 aliphatic heterocycles. The molecule has 3 rings (SSSR count). The third-order valence-electron chi connectivity index (χ3n) is 4.48. The highest BCUT2D eigenvalue weighted by atomic mass is 32.2. The van der Waals surface area contributed by atoms with Crippen LogP contribution in [0.3, 0.4) is 0 Å². The number of benzene rings is 2. The first-order valence-electron chi connectivity index (χ1n) is 8.47. The van der Waals surface area contributed by atoms with Crippen molar-refractivity contribution in [1.29, 1.82) is 0 Å².